The third-order valence-corrected chi connectivity index (χ3v) is 2.70. The number of halogens is 1. The molecule has 1 aromatic carbocycles. The zero-order chi connectivity index (χ0) is 9.54. The minimum atomic E-state index is 0.749. The highest BCUT2D eigenvalue weighted by Gasteiger charge is 2.05. The van der Waals surface area contributed by atoms with Gasteiger partial charge in [-0.3, -0.25) is 4.98 Å². The van der Waals surface area contributed by atoms with Crippen molar-refractivity contribution >= 4 is 33.4 Å². The van der Waals surface area contributed by atoms with E-state index in [0.717, 1.165) is 26.8 Å². The topological polar surface area (TPSA) is 28.7 Å². The number of H-pyrrole nitrogens is 1. The molecule has 0 bridgehead atoms. The standard InChI is InChI=1S/C11H7ClN2/c12-9-3-1-2-7-8-6-13-5-4-10(8)14-11(7)9/h1-6,14H. The van der Waals surface area contributed by atoms with Crippen LogP contribution in [0.5, 0.6) is 0 Å². The number of fused-ring (bicyclic) bond motifs is 3. The molecule has 0 aliphatic rings. The van der Waals surface area contributed by atoms with Crippen LogP contribution >= 0.6 is 11.6 Å². The molecular formula is C11H7ClN2. The Labute approximate surface area is 85.5 Å². The highest BCUT2D eigenvalue weighted by Crippen LogP contribution is 2.28. The number of aromatic nitrogens is 2. The second-order valence-electron chi connectivity index (χ2n) is 3.21. The van der Waals surface area contributed by atoms with Crippen LogP contribution in [-0.2, 0) is 0 Å². The van der Waals surface area contributed by atoms with Gasteiger partial charge < -0.3 is 4.98 Å². The SMILES string of the molecule is Clc1cccc2c1[nH]c1ccncc12. The van der Waals surface area contributed by atoms with Gasteiger partial charge in [0.1, 0.15) is 0 Å². The molecule has 0 aliphatic heterocycles. The fourth-order valence-corrected chi connectivity index (χ4v) is 1.95. The van der Waals surface area contributed by atoms with Gasteiger partial charge in [0.25, 0.3) is 0 Å². The van der Waals surface area contributed by atoms with Crippen molar-refractivity contribution in [2.45, 2.75) is 0 Å². The Morgan fingerprint density at radius 1 is 1.14 bits per heavy atom. The molecule has 0 aliphatic carbocycles. The molecule has 0 spiro atoms. The van der Waals surface area contributed by atoms with Crippen molar-refractivity contribution in [3.8, 4) is 0 Å². The van der Waals surface area contributed by atoms with Crippen LogP contribution in [0, 0.1) is 0 Å². The second-order valence-corrected chi connectivity index (χ2v) is 3.62. The molecule has 0 radical (unpaired) electrons. The van der Waals surface area contributed by atoms with E-state index in [4.69, 9.17) is 11.6 Å². The summed E-state index contributed by atoms with van der Waals surface area (Å²) in [5.41, 5.74) is 2.06. The van der Waals surface area contributed by atoms with Crippen molar-refractivity contribution < 1.29 is 0 Å². The molecule has 2 aromatic heterocycles. The van der Waals surface area contributed by atoms with Gasteiger partial charge in [0, 0.05) is 28.7 Å². The van der Waals surface area contributed by atoms with E-state index < -0.39 is 0 Å². The van der Waals surface area contributed by atoms with Gasteiger partial charge in [-0.1, -0.05) is 23.7 Å². The predicted molar refractivity (Wildman–Crippen MR) is 58.6 cm³/mol. The van der Waals surface area contributed by atoms with E-state index in [1.54, 1.807) is 6.20 Å². The molecule has 1 N–H and O–H groups in total. The summed E-state index contributed by atoms with van der Waals surface area (Å²) >= 11 is 6.08. The Morgan fingerprint density at radius 3 is 3.00 bits per heavy atom. The van der Waals surface area contributed by atoms with Crippen LogP contribution < -0.4 is 0 Å². The molecule has 0 fully saturated rings. The Hall–Kier alpha value is -1.54. The molecule has 2 heterocycles. The van der Waals surface area contributed by atoms with Gasteiger partial charge in [-0.15, -0.1) is 0 Å². The number of hydrogen-bond donors (Lipinski definition) is 1. The number of benzene rings is 1. The first-order chi connectivity index (χ1) is 6.86. The summed E-state index contributed by atoms with van der Waals surface area (Å²) in [6, 6.07) is 7.82. The molecule has 3 aromatic rings. The fourth-order valence-electron chi connectivity index (χ4n) is 1.73. The summed E-state index contributed by atoms with van der Waals surface area (Å²) < 4.78 is 0. The lowest BCUT2D eigenvalue weighted by Crippen LogP contribution is -1.68. The lowest BCUT2D eigenvalue weighted by molar-refractivity contribution is 1.36. The van der Waals surface area contributed by atoms with E-state index in [9.17, 15) is 0 Å². The first kappa shape index (κ1) is 7.83. The van der Waals surface area contributed by atoms with E-state index in [0.29, 0.717) is 0 Å². The number of aromatic amines is 1. The molecule has 0 saturated carbocycles. The Bertz CT molecular complexity index is 613. The molecule has 2 nitrogen and oxygen atoms in total. The first-order valence-electron chi connectivity index (χ1n) is 4.36. The van der Waals surface area contributed by atoms with E-state index in [2.05, 4.69) is 9.97 Å². The van der Waals surface area contributed by atoms with Gasteiger partial charge in [-0.25, -0.2) is 0 Å². The van der Waals surface area contributed by atoms with Crippen LogP contribution in [0.25, 0.3) is 21.8 Å². The van der Waals surface area contributed by atoms with Crippen molar-refractivity contribution in [2.24, 2.45) is 0 Å². The average Bonchev–Trinajstić information content (AvgIpc) is 2.59. The maximum absolute atomic E-state index is 6.08. The molecule has 0 amide bonds. The minimum absolute atomic E-state index is 0.749. The number of para-hydroxylation sites is 1. The number of pyridine rings is 1. The summed E-state index contributed by atoms with van der Waals surface area (Å²) in [4.78, 5) is 7.38. The summed E-state index contributed by atoms with van der Waals surface area (Å²) in [5.74, 6) is 0. The predicted octanol–water partition coefficient (Wildman–Crippen LogP) is 3.37. The average molecular weight is 203 g/mol. The largest absolute Gasteiger partial charge is 0.353 e. The van der Waals surface area contributed by atoms with Crippen molar-refractivity contribution in [3.63, 3.8) is 0 Å². The van der Waals surface area contributed by atoms with Crippen LogP contribution in [0.1, 0.15) is 0 Å². The smallest absolute Gasteiger partial charge is 0.0654 e. The van der Waals surface area contributed by atoms with E-state index in [1.807, 2.05) is 30.5 Å². The van der Waals surface area contributed by atoms with Gasteiger partial charge >= 0.3 is 0 Å². The van der Waals surface area contributed by atoms with E-state index in [-0.39, 0.29) is 0 Å². The summed E-state index contributed by atoms with van der Waals surface area (Å²) in [7, 11) is 0. The van der Waals surface area contributed by atoms with Crippen molar-refractivity contribution in [1.82, 2.24) is 9.97 Å². The normalized spacial score (nSPS) is 11.2. The number of nitrogens with one attached hydrogen (secondary N) is 1. The zero-order valence-electron chi connectivity index (χ0n) is 7.29. The molecule has 14 heavy (non-hydrogen) atoms. The van der Waals surface area contributed by atoms with Crippen LogP contribution in [0.15, 0.2) is 36.7 Å². The monoisotopic (exact) mass is 202 g/mol. The van der Waals surface area contributed by atoms with Gasteiger partial charge in [-0.2, -0.15) is 0 Å². The molecule has 3 rings (SSSR count). The van der Waals surface area contributed by atoms with Crippen LogP contribution in [-0.4, -0.2) is 9.97 Å². The van der Waals surface area contributed by atoms with Crippen molar-refractivity contribution in [1.29, 1.82) is 0 Å². The molecule has 0 saturated heterocycles. The van der Waals surface area contributed by atoms with Gasteiger partial charge in [-0.05, 0) is 12.1 Å². The van der Waals surface area contributed by atoms with Gasteiger partial charge in [0.05, 0.1) is 10.5 Å². The lowest BCUT2D eigenvalue weighted by Gasteiger charge is -1.91. The minimum Gasteiger partial charge on any atom is -0.353 e. The number of hydrogen-bond acceptors (Lipinski definition) is 1. The van der Waals surface area contributed by atoms with E-state index >= 15 is 0 Å². The maximum Gasteiger partial charge on any atom is 0.0654 e. The second kappa shape index (κ2) is 2.72. The lowest BCUT2D eigenvalue weighted by atomic mass is 10.2. The van der Waals surface area contributed by atoms with E-state index in [1.165, 1.54) is 0 Å². The summed E-state index contributed by atoms with van der Waals surface area (Å²) in [6.45, 7) is 0. The Kier molecular flexibility index (Phi) is 1.52. The first-order valence-corrected chi connectivity index (χ1v) is 4.74. The molecule has 3 heteroatoms. The Morgan fingerprint density at radius 2 is 2.07 bits per heavy atom. The molecular weight excluding hydrogens is 196 g/mol. The van der Waals surface area contributed by atoms with Crippen LogP contribution in [0.2, 0.25) is 5.02 Å². The zero-order valence-corrected chi connectivity index (χ0v) is 8.05. The van der Waals surface area contributed by atoms with Crippen molar-refractivity contribution in [3.05, 3.63) is 41.7 Å². The number of rotatable bonds is 0. The summed E-state index contributed by atoms with van der Waals surface area (Å²) in [5, 5.41) is 2.99. The van der Waals surface area contributed by atoms with Crippen LogP contribution in [0.4, 0.5) is 0 Å². The van der Waals surface area contributed by atoms with Crippen LogP contribution in [0.3, 0.4) is 0 Å². The molecule has 0 atom stereocenters. The third-order valence-electron chi connectivity index (χ3n) is 2.38. The maximum atomic E-state index is 6.08. The Balaban J connectivity index is 2.63. The van der Waals surface area contributed by atoms with Crippen molar-refractivity contribution in [2.75, 3.05) is 0 Å². The quantitative estimate of drug-likeness (QED) is 0.595. The highest BCUT2D eigenvalue weighted by atomic mass is 35.5. The third kappa shape index (κ3) is 0.946. The molecule has 0 unspecified atom stereocenters. The summed E-state index contributed by atoms with van der Waals surface area (Å²) in [6.07, 6.45) is 3.62. The molecule has 68 valence electrons. The number of nitrogens with zero attached hydrogens (tertiary/aromatic N) is 1. The highest BCUT2D eigenvalue weighted by molar-refractivity contribution is 6.36. The fraction of sp³-hybridized carbons (Fsp3) is 0. The van der Waals surface area contributed by atoms with Gasteiger partial charge in [0.2, 0.25) is 0 Å². The van der Waals surface area contributed by atoms with Gasteiger partial charge in [0.15, 0.2) is 0 Å².